The number of aryl methyl sites for hydroxylation is 3. The smallest absolute Gasteiger partial charge is 0.339 e. The largest absolute Gasteiger partial charge is 0.377 e. The van der Waals surface area contributed by atoms with Crippen LogP contribution in [0.2, 0.25) is 0 Å². The SMILES string of the molecule is Cc1ccc2cccc(OS(=O)(=O)c3cc(C)c(Br)cc3C)c2n1. The summed E-state index contributed by atoms with van der Waals surface area (Å²) in [6.45, 7) is 5.43. The van der Waals surface area contributed by atoms with Gasteiger partial charge in [0.2, 0.25) is 0 Å². The number of halogens is 1. The van der Waals surface area contributed by atoms with Crippen LogP contribution in [-0.2, 0) is 10.1 Å². The number of aromatic nitrogens is 1. The summed E-state index contributed by atoms with van der Waals surface area (Å²) in [4.78, 5) is 4.57. The number of pyridine rings is 1. The van der Waals surface area contributed by atoms with E-state index in [2.05, 4.69) is 20.9 Å². The molecule has 0 aliphatic rings. The van der Waals surface area contributed by atoms with Gasteiger partial charge in [0.05, 0.1) is 0 Å². The third-order valence-corrected chi connectivity index (χ3v) is 5.98. The first-order chi connectivity index (χ1) is 11.3. The van der Waals surface area contributed by atoms with Gasteiger partial charge in [-0.15, -0.1) is 0 Å². The van der Waals surface area contributed by atoms with Gasteiger partial charge in [-0.05, 0) is 56.2 Å². The second-order valence-corrected chi connectivity index (χ2v) is 8.05. The molecule has 6 heteroatoms. The molecule has 124 valence electrons. The van der Waals surface area contributed by atoms with Gasteiger partial charge < -0.3 is 4.18 Å². The molecule has 2 aromatic carbocycles. The zero-order valence-corrected chi connectivity index (χ0v) is 15.9. The molecule has 3 rings (SSSR count). The van der Waals surface area contributed by atoms with Crippen molar-refractivity contribution in [3.05, 3.63) is 63.8 Å². The van der Waals surface area contributed by atoms with Crippen LogP contribution in [0.15, 0.2) is 51.8 Å². The summed E-state index contributed by atoms with van der Waals surface area (Å²) in [5.74, 6) is 0.233. The van der Waals surface area contributed by atoms with E-state index in [0.717, 1.165) is 21.1 Å². The lowest BCUT2D eigenvalue weighted by atomic mass is 10.2. The third kappa shape index (κ3) is 3.16. The molecule has 3 aromatic rings. The highest BCUT2D eigenvalue weighted by molar-refractivity contribution is 9.10. The minimum atomic E-state index is -3.95. The van der Waals surface area contributed by atoms with Crippen molar-refractivity contribution in [3.63, 3.8) is 0 Å². The van der Waals surface area contributed by atoms with E-state index in [-0.39, 0.29) is 10.6 Å². The van der Waals surface area contributed by atoms with Crippen LogP contribution in [0.4, 0.5) is 0 Å². The standard InChI is InChI=1S/C18H16BrNO3S/c1-11-10-17(12(2)9-15(11)19)24(21,22)23-16-6-4-5-14-8-7-13(3)20-18(14)16/h4-10H,1-3H3. The van der Waals surface area contributed by atoms with E-state index in [0.29, 0.717) is 11.1 Å². The van der Waals surface area contributed by atoms with Gasteiger partial charge >= 0.3 is 10.1 Å². The van der Waals surface area contributed by atoms with Crippen molar-refractivity contribution in [2.45, 2.75) is 25.7 Å². The lowest BCUT2D eigenvalue weighted by Crippen LogP contribution is -2.12. The van der Waals surface area contributed by atoms with Crippen molar-refractivity contribution in [1.29, 1.82) is 0 Å². The highest BCUT2D eigenvalue weighted by Crippen LogP contribution is 2.30. The third-order valence-electron chi connectivity index (χ3n) is 3.75. The van der Waals surface area contributed by atoms with Gasteiger partial charge in [0.1, 0.15) is 10.4 Å². The average Bonchev–Trinajstić information content (AvgIpc) is 2.51. The lowest BCUT2D eigenvalue weighted by Gasteiger charge is -2.12. The molecule has 1 heterocycles. The monoisotopic (exact) mass is 405 g/mol. The number of hydrogen-bond acceptors (Lipinski definition) is 4. The number of fused-ring (bicyclic) bond motifs is 1. The minimum absolute atomic E-state index is 0.160. The first kappa shape index (κ1) is 16.9. The summed E-state index contributed by atoms with van der Waals surface area (Å²) in [5, 5.41) is 0.831. The minimum Gasteiger partial charge on any atom is -0.377 e. The van der Waals surface area contributed by atoms with Crippen LogP contribution in [-0.4, -0.2) is 13.4 Å². The first-order valence-corrected chi connectivity index (χ1v) is 9.56. The van der Waals surface area contributed by atoms with Crippen LogP contribution in [0.1, 0.15) is 16.8 Å². The molecule has 1 aromatic heterocycles. The van der Waals surface area contributed by atoms with Gasteiger partial charge in [-0.2, -0.15) is 8.42 Å². The molecule has 0 unspecified atom stereocenters. The maximum atomic E-state index is 12.7. The number of rotatable bonds is 3. The molecule has 0 atom stereocenters. The van der Waals surface area contributed by atoms with Gasteiger partial charge in [-0.25, -0.2) is 4.98 Å². The van der Waals surface area contributed by atoms with Crippen molar-refractivity contribution >= 4 is 37.0 Å². The Morgan fingerprint density at radius 1 is 1.00 bits per heavy atom. The maximum Gasteiger partial charge on any atom is 0.339 e. The van der Waals surface area contributed by atoms with E-state index in [9.17, 15) is 8.42 Å². The molecular formula is C18H16BrNO3S. The summed E-state index contributed by atoms with van der Waals surface area (Å²) in [6.07, 6.45) is 0. The van der Waals surface area contributed by atoms with Gasteiger partial charge in [0.25, 0.3) is 0 Å². The molecule has 0 amide bonds. The van der Waals surface area contributed by atoms with Crippen molar-refractivity contribution in [2.24, 2.45) is 0 Å². The summed E-state index contributed by atoms with van der Waals surface area (Å²) in [7, 11) is -3.95. The van der Waals surface area contributed by atoms with Crippen molar-refractivity contribution in [1.82, 2.24) is 4.98 Å². The zero-order valence-electron chi connectivity index (χ0n) is 13.5. The van der Waals surface area contributed by atoms with E-state index in [4.69, 9.17) is 4.18 Å². The predicted molar refractivity (Wildman–Crippen MR) is 97.9 cm³/mol. The molecular weight excluding hydrogens is 390 g/mol. The average molecular weight is 406 g/mol. The van der Waals surface area contributed by atoms with Crippen LogP contribution in [0.25, 0.3) is 10.9 Å². The van der Waals surface area contributed by atoms with E-state index >= 15 is 0 Å². The molecule has 0 saturated heterocycles. The highest BCUT2D eigenvalue weighted by atomic mass is 79.9. The quantitative estimate of drug-likeness (QED) is 0.593. The summed E-state index contributed by atoms with van der Waals surface area (Å²) in [5.41, 5.74) is 2.78. The molecule has 0 radical (unpaired) electrons. The van der Waals surface area contributed by atoms with E-state index in [1.807, 2.05) is 32.0 Å². The Bertz CT molecular complexity index is 1050. The number of para-hydroxylation sites is 1. The Morgan fingerprint density at radius 3 is 2.50 bits per heavy atom. The topological polar surface area (TPSA) is 56.3 Å². The van der Waals surface area contributed by atoms with Crippen LogP contribution in [0.5, 0.6) is 5.75 Å². The molecule has 0 spiro atoms. The Balaban J connectivity index is 2.11. The molecule has 0 bridgehead atoms. The van der Waals surface area contributed by atoms with E-state index < -0.39 is 10.1 Å². The molecule has 0 fully saturated rings. The summed E-state index contributed by atoms with van der Waals surface area (Å²) < 4.78 is 31.8. The van der Waals surface area contributed by atoms with E-state index in [1.165, 1.54) is 0 Å². The molecule has 0 aliphatic carbocycles. The van der Waals surface area contributed by atoms with Crippen molar-refractivity contribution in [2.75, 3.05) is 0 Å². The number of nitrogens with zero attached hydrogens (tertiary/aromatic N) is 1. The van der Waals surface area contributed by atoms with Gasteiger partial charge in [-0.3, -0.25) is 0 Å². The Morgan fingerprint density at radius 2 is 1.75 bits per heavy atom. The second-order valence-electron chi connectivity index (χ2n) is 5.68. The second kappa shape index (κ2) is 6.18. The number of hydrogen-bond donors (Lipinski definition) is 0. The predicted octanol–water partition coefficient (Wildman–Crippen LogP) is 4.69. The van der Waals surface area contributed by atoms with Gasteiger partial charge in [0.15, 0.2) is 5.75 Å². The fourth-order valence-corrected chi connectivity index (χ4v) is 4.16. The summed E-state index contributed by atoms with van der Waals surface area (Å²) in [6, 6.07) is 12.4. The first-order valence-electron chi connectivity index (χ1n) is 7.35. The van der Waals surface area contributed by atoms with Crippen molar-refractivity contribution in [3.8, 4) is 5.75 Å². The van der Waals surface area contributed by atoms with Crippen LogP contribution >= 0.6 is 15.9 Å². The zero-order chi connectivity index (χ0) is 17.5. The fraction of sp³-hybridized carbons (Fsp3) is 0.167. The number of benzene rings is 2. The van der Waals surface area contributed by atoms with Gasteiger partial charge in [0, 0.05) is 15.6 Å². The molecule has 4 nitrogen and oxygen atoms in total. The fourth-order valence-electron chi connectivity index (χ4n) is 2.47. The normalized spacial score (nSPS) is 11.7. The molecule has 24 heavy (non-hydrogen) atoms. The molecule has 0 saturated carbocycles. The van der Waals surface area contributed by atoms with Crippen LogP contribution in [0.3, 0.4) is 0 Å². The molecule has 0 N–H and O–H groups in total. The van der Waals surface area contributed by atoms with Crippen LogP contribution < -0.4 is 4.18 Å². The Kier molecular flexibility index (Phi) is 4.36. The molecule has 0 aliphatic heterocycles. The van der Waals surface area contributed by atoms with E-state index in [1.54, 1.807) is 31.2 Å². The Labute approximate surface area is 149 Å². The maximum absolute atomic E-state index is 12.7. The lowest BCUT2D eigenvalue weighted by molar-refractivity contribution is 0.487. The van der Waals surface area contributed by atoms with Crippen LogP contribution in [0, 0.1) is 20.8 Å². The van der Waals surface area contributed by atoms with Gasteiger partial charge in [-0.1, -0.05) is 34.1 Å². The van der Waals surface area contributed by atoms with Crippen molar-refractivity contribution < 1.29 is 12.6 Å². The Hall–Kier alpha value is -1.92. The summed E-state index contributed by atoms with van der Waals surface area (Å²) >= 11 is 3.41. The highest BCUT2D eigenvalue weighted by Gasteiger charge is 2.22.